The van der Waals surface area contributed by atoms with E-state index in [4.69, 9.17) is 33.3 Å². The number of unbranched alkanes of at least 4 members (excludes halogenated alkanes) is 4. The first kappa shape index (κ1) is 57.3. The highest BCUT2D eigenvalue weighted by molar-refractivity contribution is 5.96. The first-order valence-corrected chi connectivity index (χ1v) is 26.5. The Morgan fingerprint density at radius 1 is 0.905 bits per heavy atom. The van der Waals surface area contributed by atoms with E-state index in [9.17, 15) is 39.9 Å². The van der Waals surface area contributed by atoms with Crippen LogP contribution in [0.4, 0.5) is 0 Å². The molecule has 13 atom stereocenters. The summed E-state index contributed by atoms with van der Waals surface area (Å²) in [6.45, 7) is 8.53. The summed E-state index contributed by atoms with van der Waals surface area (Å²) >= 11 is 0. The van der Waals surface area contributed by atoms with Crippen molar-refractivity contribution >= 4 is 29.8 Å². The second kappa shape index (κ2) is 25.2. The predicted molar refractivity (Wildman–Crippen MR) is 268 cm³/mol. The number of rotatable bonds is 25. The zero-order valence-corrected chi connectivity index (χ0v) is 43.7. The van der Waals surface area contributed by atoms with E-state index in [0.29, 0.717) is 12.8 Å². The maximum Gasteiger partial charge on any atom is 0.327 e. The molecule has 2 aromatic rings. The number of hydrogen-bond donors (Lipinski definition) is 6. The fourth-order valence-electron chi connectivity index (χ4n) is 11.0. The van der Waals surface area contributed by atoms with Gasteiger partial charge in [-0.05, 0) is 56.7 Å². The van der Waals surface area contributed by atoms with E-state index in [1.165, 1.54) is 9.96 Å². The first-order valence-electron chi connectivity index (χ1n) is 26.5. The van der Waals surface area contributed by atoms with Crippen LogP contribution >= 0.6 is 0 Å². The largest absolute Gasteiger partial charge is 0.460 e. The van der Waals surface area contributed by atoms with Gasteiger partial charge in [-0.25, -0.2) is 0 Å². The molecule has 4 aliphatic heterocycles. The van der Waals surface area contributed by atoms with E-state index >= 15 is 4.79 Å². The van der Waals surface area contributed by atoms with Gasteiger partial charge in [0.25, 0.3) is 0 Å². The lowest BCUT2D eigenvalue weighted by atomic mass is 9.62. The molecule has 4 saturated heterocycles. The zero-order chi connectivity index (χ0) is 53.4. The van der Waals surface area contributed by atoms with Crippen LogP contribution in [0.25, 0.3) is 6.08 Å². The van der Waals surface area contributed by atoms with Crippen molar-refractivity contribution in [3.05, 3.63) is 77.4 Å². The average molecular weight is 1040 g/mol. The third-order valence-electron chi connectivity index (χ3n) is 14.9. The minimum atomic E-state index is -1.60. The number of ether oxygens (including phenoxy) is 6. The molecule has 5 fully saturated rings. The van der Waals surface area contributed by atoms with Crippen molar-refractivity contribution in [1.29, 1.82) is 0 Å². The van der Waals surface area contributed by atoms with Crippen molar-refractivity contribution in [3.63, 3.8) is 0 Å². The van der Waals surface area contributed by atoms with Crippen LogP contribution in [-0.4, -0.2) is 171 Å². The molecule has 2 bridgehead atoms. The van der Waals surface area contributed by atoms with Crippen LogP contribution in [-0.2, 0) is 65.4 Å². The van der Waals surface area contributed by atoms with E-state index in [2.05, 4.69) is 19.2 Å². The van der Waals surface area contributed by atoms with Gasteiger partial charge in [0, 0.05) is 39.2 Å². The van der Waals surface area contributed by atoms with Crippen LogP contribution in [0, 0.1) is 5.41 Å². The molecule has 2 amide bonds. The Morgan fingerprint density at radius 2 is 1.58 bits per heavy atom. The number of aliphatic hydroxyl groups is 5. The molecule has 6 N–H and O–H groups in total. The normalized spacial score (nSPS) is 30.1. The Morgan fingerprint density at radius 3 is 2.22 bits per heavy atom. The van der Waals surface area contributed by atoms with Gasteiger partial charge in [-0.15, -0.1) is 0 Å². The zero-order valence-electron chi connectivity index (χ0n) is 43.7. The number of benzene rings is 2. The van der Waals surface area contributed by atoms with Gasteiger partial charge >= 0.3 is 11.9 Å². The summed E-state index contributed by atoms with van der Waals surface area (Å²) in [5, 5.41) is 54.9. The van der Waals surface area contributed by atoms with Gasteiger partial charge in [0.2, 0.25) is 11.8 Å². The fraction of sp³-hybridized carbons (Fsp3) is 0.673. The number of carbonyl (C=O) groups excluding carboxylic acids is 4. The number of nitrogens with one attached hydrogen (secondary N) is 1. The Bertz CT molecular complexity index is 2200. The summed E-state index contributed by atoms with van der Waals surface area (Å²) < 4.78 is 36.9. The molecule has 0 aromatic heterocycles. The van der Waals surface area contributed by atoms with Gasteiger partial charge in [-0.2, -0.15) is 5.06 Å². The van der Waals surface area contributed by atoms with Crippen molar-refractivity contribution in [2.45, 2.75) is 203 Å². The van der Waals surface area contributed by atoms with Gasteiger partial charge in [0.05, 0.1) is 32.4 Å². The van der Waals surface area contributed by atoms with Crippen LogP contribution in [0.2, 0.25) is 0 Å². The molecule has 0 radical (unpaired) electrons. The van der Waals surface area contributed by atoms with Crippen LogP contribution in [0.15, 0.2) is 60.7 Å². The third-order valence-corrected chi connectivity index (χ3v) is 14.9. The minimum absolute atomic E-state index is 0.0286. The highest BCUT2D eigenvalue weighted by atomic mass is 16.8. The standard InChI is InChI=1S/C55H79N3O16/c1-7-9-14-26-54(27-15-10-8-2)72-45-39-30-55(52(67)57(6)38(29-35-17-12-11-13-18-35)49(65)56-37(32-59)24-25-41(61)71-53(3,4)5)47(50(66)69-39)58(74-48(55)46(45)73-54)31-36-22-20-34(21-23-36)19-16-28-68-51-44(64)43(63)42(62)40(33-60)70-51/h11-13,16-23,37-40,42-48,51,59-60,62-64H,7-10,14-15,24-33H2,1-6H3,(H,56,65)/t37-,38+,39+,40+,42-,43-,44+,45-,46-,47-,48+,51-,55-/m0/s1. The highest BCUT2D eigenvalue weighted by Crippen LogP contribution is 2.58. The first-order chi connectivity index (χ1) is 35.4. The van der Waals surface area contributed by atoms with Gasteiger partial charge in [-0.1, -0.05) is 106 Å². The van der Waals surface area contributed by atoms with E-state index in [1.54, 1.807) is 40.0 Å². The van der Waals surface area contributed by atoms with E-state index in [0.717, 1.165) is 55.2 Å². The maximum absolute atomic E-state index is 15.9. The number of likely N-dealkylation sites (N-methyl/N-ethyl adjacent to an activating group) is 1. The number of esters is 2. The molecule has 410 valence electrons. The number of amides is 2. The number of hydroxylamine groups is 2. The molecule has 1 aliphatic carbocycles. The fourth-order valence-corrected chi connectivity index (χ4v) is 11.0. The molecule has 5 aliphatic rings. The van der Waals surface area contributed by atoms with Gasteiger partial charge in [-0.3, -0.25) is 24.0 Å². The molecule has 19 nitrogen and oxygen atoms in total. The van der Waals surface area contributed by atoms with Crippen LogP contribution in [0.1, 0.15) is 122 Å². The molecule has 0 unspecified atom stereocenters. The smallest absolute Gasteiger partial charge is 0.327 e. The van der Waals surface area contributed by atoms with Crippen molar-refractivity contribution < 1.29 is 78.0 Å². The van der Waals surface area contributed by atoms with Crippen LogP contribution in [0.5, 0.6) is 0 Å². The van der Waals surface area contributed by atoms with Gasteiger partial charge in [0.1, 0.15) is 65.9 Å². The summed E-state index contributed by atoms with van der Waals surface area (Å²) in [7, 11) is 1.55. The van der Waals surface area contributed by atoms with Crippen molar-refractivity contribution in [3.8, 4) is 0 Å². The van der Waals surface area contributed by atoms with E-state index < -0.39 is 127 Å². The van der Waals surface area contributed by atoms with E-state index in [1.807, 2.05) is 54.6 Å². The third kappa shape index (κ3) is 13.1. The number of fused-ring (bicyclic) bond motifs is 4. The Kier molecular flexibility index (Phi) is 19.5. The quantitative estimate of drug-likeness (QED) is 0.0614. The lowest BCUT2D eigenvalue weighted by Gasteiger charge is -2.50. The molecule has 19 heteroatoms. The summed E-state index contributed by atoms with van der Waals surface area (Å²) in [5.74, 6) is -3.20. The van der Waals surface area contributed by atoms with Crippen LogP contribution < -0.4 is 5.32 Å². The summed E-state index contributed by atoms with van der Waals surface area (Å²) in [6.07, 6.45) is 0.0418. The van der Waals surface area contributed by atoms with Crippen molar-refractivity contribution in [2.75, 3.05) is 26.9 Å². The second-order valence-corrected chi connectivity index (χ2v) is 21.5. The summed E-state index contributed by atoms with van der Waals surface area (Å²) in [4.78, 5) is 66.3. The molecular weight excluding hydrogens is 959 g/mol. The lowest BCUT2D eigenvalue weighted by molar-refractivity contribution is -0.298. The molecule has 74 heavy (non-hydrogen) atoms. The Labute approximate surface area is 434 Å². The molecule has 0 spiro atoms. The average Bonchev–Trinajstić information content (AvgIpc) is 3.93. The number of carbonyl (C=O) groups is 4. The second-order valence-electron chi connectivity index (χ2n) is 21.5. The molecule has 1 saturated carbocycles. The number of hydrogen-bond acceptors (Lipinski definition) is 17. The topological polar surface area (TPSA) is 253 Å². The summed E-state index contributed by atoms with van der Waals surface area (Å²) in [5.41, 5.74) is -0.0455. The molecule has 4 heterocycles. The van der Waals surface area contributed by atoms with Gasteiger partial charge < -0.3 is 64.2 Å². The number of aliphatic hydroxyl groups excluding tert-OH is 5. The molecule has 2 aromatic carbocycles. The SMILES string of the molecule is CCCCCC1(CCCCC)O[C@@H]2[C@H](O1)[C@H]1ON(Cc3ccc(C=CCO[C@H]4O[C@H](CO)[C@H](O)[C@H](O)[C@H]4O)cc3)[C@H]3C(=O)O[C@@H]2C[C@@]13C(=O)N(C)[C@H](Cc1ccccc1)C(=O)N[C@H](CO)CCC(=O)OC(C)(C)C. The molecular formula is C55H79N3O16. The highest BCUT2D eigenvalue weighted by Gasteiger charge is 2.77. The minimum Gasteiger partial charge on any atom is -0.460 e. The van der Waals surface area contributed by atoms with E-state index in [-0.39, 0.29) is 38.8 Å². The molecule has 7 rings (SSSR count). The van der Waals surface area contributed by atoms with Crippen molar-refractivity contribution in [2.24, 2.45) is 5.41 Å². The predicted octanol–water partition coefficient (Wildman–Crippen LogP) is 3.63. The lowest BCUT2D eigenvalue weighted by Crippen LogP contribution is -2.70. The Hall–Kier alpha value is -4.38. The summed E-state index contributed by atoms with van der Waals surface area (Å²) in [6, 6.07) is 13.4. The van der Waals surface area contributed by atoms with Gasteiger partial charge in [0.15, 0.2) is 18.1 Å². The van der Waals surface area contributed by atoms with Crippen molar-refractivity contribution in [1.82, 2.24) is 15.3 Å². The number of nitrogens with zero attached hydrogens (tertiary/aromatic N) is 2. The van der Waals surface area contributed by atoms with Crippen LogP contribution in [0.3, 0.4) is 0 Å². The maximum atomic E-state index is 15.9. The monoisotopic (exact) mass is 1040 g/mol. The Balaban J connectivity index is 1.17.